The lowest BCUT2D eigenvalue weighted by molar-refractivity contribution is -0.110. The topological polar surface area (TPSA) is 59.1 Å². The summed E-state index contributed by atoms with van der Waals surface area (Å²) < 4.78 is 12.2. The number of hydrogen-bond donors (Lipinski definition) is 1. The molecule has 1 N–H and O–H groups in total. The van der Waals surface area contributed by atoms with Gasteiger partial charge in [0.15, 0.2) is 0 Å². The van der Waals surface area contributed by atoms with Gasteiger partial charge in [0.1, 0.15) is 7.14 Å². The number of carbonyl (C=O) groups excluding carboxylic acids is 1. The van der Waals surface area contributed by atoms with Crippen LogP contribution in [0.2, 0.25) is 0 Å². The second-order valence-corrected chi connectivity index (χ2v) is 10.2. The zero-order chi connectivity index (χ0) is 19.0. The molecule has 3 aromatic rings. The Morgan fingerprint density at radius 1 is 1.00 bits per heavy atom. The zero-order valence-electron chi connectivity index (χ0n) is 15.1. The minimum absolute atomic E-state index is 0.117. The first kappa shape index (κ1) is 17.4. The van der Waals surface area contributed by atoms with Crippen LogP contribution >= 0.6 is 7.14 Å². The van der Waals surface area contributed by atoms with E-state index in [-0.39, 0.29) is 5.91 Å². The van der Waals surface area contributed by atoms with Crippen molar-refractivity contribution in [2.45, 2.75) is 0 Å². The van der Waals surface area contributed by atoms with Crippen LogP contribution in [-0.4, -0.2) is 24.2 Å². The van der Waals surface area contributed by atoms with Crippen LogP contribution < -0.4 is 10.6 Å². The minimum Gasteiger partial charge on any atom is -0.321 e. The second-order valence-electron chi connectivity index (χ2n) is 6.96. The van der Waals surface area contributed by atoms with E-state index in [2.05, 4.69) is 10.3 Å². The van der Waals surface area contributed by atoms with Gasteiger partial charge in [0.25, 0.3) is 5.91 Å². The Balaban J connectivity index is 1.69. The molecule has 0 spiro atoms. The van der Waals surface area contributed by atoms with Gasteiger partial charge in [-0.3, -0.25) is 9.78 Å². The van der Waals surface area contributed by atoms with Gasteiger partial charge in [0.2, 0.25) is 0 Å². The number of fused-ring (bicyclic) bond motifs is 1. The molecule has 5 heteroatoms. The van der Waals surface area contributed by atoms with Gasteiger partial charge in [-0.25, -0.2) is 0 Å². The maximum absolute atomic E-state index is 12.5. The molecule has 1 aliphatic heterocycles. The van der Waals surface area contributed by atoms with Crippen molar-refractivity contribution in [1.29, 1.82) is 0 Å². The van der Waals surface area contributed by atoms with Crippen molar-refractivity contribution in [3.8, 4) is 11.1 Å². The minimum atomic E-state index is -2.28. The normalized spacial score (nSPS) is 14.9. The first-order chi connectivity index (χ1) is 12.9. The molecule has 4 rings (SSSR count). The number of nitrogens with zero attached hydrogens (tertiary/aromatic N) is 1. The Morgan fingerprint density at radius 3 is 2.44 bits per heavy atom. The summed E-state index contributed by atoms with van der Waals surface area (Å²) >= 11 is 0. The standard InChI is InChI=1S/C22H19N2O2P/c1-27(2,26)18-8-5-15(6-9-18)12-20-19-10-7-16(13-21(19)24-22(20)25)17-4-3-11-23-14-17/h3-14H,1-2H3,(H,24,25). The summed E-state index contributed by atoms with van der Waals surface area (Å²) in [5.74, 6) is -0.117. The highest BCUT2D eigenvalue weighted by atomic mass is 31.2. The molecule has 0 fully saturated rings. The van der Waals surface area contributed by atoms with Crippen molar-refractivity contribution >= 4 is 35.7 Å². The average molecular weight is 374 g/mol. The lowest BCUT2D eigenvalue weighted by atomic mass is 10.00. The fourth-order valence-electron chi connectivity index (χ4n) is 3.15. The summed E-state index contributed by atoms with van der Waals surface area (Å²) in [6, 6.07) is 17.3. The van der Waals surface area contributed by atoms with Crippen molar-refractivity contribution in [1.82, 2.24) is 4.98 Å². The maximum atomic E-state index is 12.5. The van der Waals surface area contributed by atoms with Gasteiger partial charge in [-0.1, -0.05) is 42.5 Å². The summed E-state index contributed by atoms with van der Waals surface area (Å²) in [5.41, 5.74) is 5.23. The molecule has 0 atom stereocenters. The fraction of sp³-hybridized carbons (Fsp3) is 0.0909. The molecule has 27 heavy (non-hydrogen) atoms. The highest BCUT2D eigenvalue weighted by Gasteiger charge is 2.24. The lowest BCUT2D eigenvalue weighted by Crippen LogP contribution is -2.04. The number of carbonyl (C=O) groups is 1. The van der Waals surface area contributed by atoms with Crippen molar-refractivity contribution in [3.63, 3.8) is 0 Å². The Labute approximate surface area is 158 Å². The Morgan fingerprint density at radius 2 is 1.78 bits per heavy atom. The molecule has 0 radical (unpaired) electrons. The summed E-state index contributed by atoms with van der Waals surface area (Å²) in [5, 5.41) is 3.78. The van der Waals surface area contributed by atoms with Crippen LogP contribution in [0.3, 0.4) is 0 Å². The highest BCUT2D eigenvalue weighted by Crippen LogP contribution is 2.37. The van der Waals surface area contributed by atoms with E-state index in [0.717, 1.165) is 33.2 Å². The number of benzene rings is 2. The van der Waals surface area contributed by atoms with Crippen LogP contribution in [0.15, 0.2) is 67.0 Å². The van der Waals surface area contributed by atoms with Crippen LogP contribution in [0.1, 0.15) is 11.1 Å². The third-order valence-electron chi connectivity index (χ3n) is 4.62. The summed E-state index contributed by atoms with van der Waals surface area (Å²) in [6.45, 7) is 3.50. The molecule has 0 saturated heterocycles. The second kappa shape index (κ2) is 6.64. The number of nitrogens with one attached hydrogen (secondary N) is 1. The van der Waals surface area contributed by atoms with Crippen molar-refractivity contribution < 1.29 is 9.36 Å². The zero-order valence-corrected chi connectivity index (χ0v) is 16.0. The molecular formula is C22H19N2O2P. The first-order valence-corrected chi connectivity index (χ1v) is 11.3. The van der Waals surface area contributed by atoms with Gasteiger partial charge < -0.3 is 9.88 Å². The third-order valence-corrected chi connectivity index (χ3v) is 6.17. The summed E-state index contributed by atoms with van der Waals surface area (Å²) in [7, 11) is -2.28. The Bertz CT molecular complexity index is 1100. The lowest BCUT2D eigenvalue weighted by Gasteiger charge is -2.07. The largest absolute Gasteiger partial charge is 0.321 e. The molecule has 0 saturated carbocycles. The molecule has 2 heterocycles. The number of hydrogen-bond acceptors (Lipinski definition) is 3. The fourth-order valence-corrected chi connectivity index (χ4v) is 4.01. The van der Waals surface area contributed by atoms with Crippen molar-refractivity contribution in [3.05, 3.63) is 78.1 Å². The molecule has 134 valence electrons. The van der Waals surface area contributed by atoms with Crippen molar-refractivity contribution in [2.24, 2.45) is 0 Å². The van der Waals surface area contributed by atoms with Gasteiger partial charge in [-0.15, -0.1) is 0 Å². The Hall–Kier alpha value is -2.97. The predicted molar refractivity (Wildman–Crippen MR) is 112 cm³/mol. The molecule has 4 nitrogen and oxygen atoms in total. The predicted octanol–water partition coefficient (Wildman–Crippen LogP) is 4.49. The Kier molecular flexibility index (Phi) is 4.29. The average Bonchev–Trinajstić information content (AvgIpc) is 2.97. The molecule has 1 amide bonds. The molecular weight excluding hydrogens is 355 g/mol. The smallest absolute Gasteiger partial charge is 0.256 e. The van der Waals surface area contributed by atoms with E-state index >= 15 is 0 Å². The van der Waals surface area contributed by atoms with Crippen LogP contribution in [0, 0.1) is 0 Å². The SMILES string of the molecule is CP(C)(=O)c1ccc(C=C2C(=O)Nc3cc(-c4cccnc4)ccc32)cc1. The van der Waals surface area contributed by atoms with Crippen LogP contribution in [0.5, 0.6) is 0 Å². The van der Waals surface area contributed by atoms with E-state index in [9.17, 15) is 9.36 Å². The molecule has 0 aliphatic carbocycles. The number of aromatic nitrogens is 1. The molecule has 1 aliphatic rings. The summed E-state index contributed by atoms with van der Waals surface area (Å²) in [6.07, 6.45) is 5.41. The van der Waals surface area contributed by atoms with Crippen LogP contribution in [-0.2, 0) is 9.36 Å². The van der Waals surface area contributed by atoms with E-state index in [4.69, 9.17) is 0 Å². The van der Waals surface area contributed by atoms with Gasteiger partial charge >= 0.3 is 0 Å². The van der Waals surface area contributed by atoms with Crippen molar-refractivity contribution in [2.75, 3.05) is 18.6 Å². The van der Waals surface area contributed by atoms with Gasteiger partial charge in [0, 0.05) is 40.1 Å². The number of pyridine rings is 1. The van der Waals surface area contributed by atoms with Gasteiger partial charge in [-0.2, -0.15) is 0 Å². The number of rotatable bonds is 3. The molecule has 2 aromatic carbocycles. The van der Waals surface area contributed by atoms with Crippen LogP contribution in [0.25, 0.3) is 22.8 Å². The van der Waals surface area contributed by atoms with E-state index in [1.807, 2.05) is 60.7 Å². The maximum Gasteiger partial charge on any atom is 0.256 e. The number of anilines is 1. The van der Waals surface area contributed by atoms with E-state index in [0.29, 0.717) is 5.57 Å². The van der Waals surface area contributed by atoms with Crippen LogP contribution in [0.4, 0.5) is 5.69 Å². The monoisotopic (exact) mass is 374 g/mol. The molecule has 1 aromatic heterocycles. The first-order valence-electron chi connectivity index (χ1n) is 8.65. The molecule has 0 unspecified atom stereocenters. The quantitative estimate of drug-likeness (QED) is 0.543. The number of amides is 1. The summed E-state index contributed by atoms with van der Waals surface area (Å²) in [4.78, 5) is 16.6. The molecule has 0 bridgehead atoms. The van der Waals surface area contributed by atoms with E-state index in [1.54, 1.807) is 25.7 Å². The van der Waals surface area contributed by atoms with E-state index < -0.39 is 7.14 Å². The van der Waals surface area contributed by atoms with Gasteiger partial charge in [-0.05, 0) is 42.7 Å². The van der Waals surface area contributed by atoms with E-state index in [1.165, 1.54) is 0 Å². The highest BCUT2D eigenvalue weighted by molar-refractivity contribution is 7.70. The third kappa shape index (κ3) is 3.49. The van der Waals surface area contributed by atoms with Gasteiger partial charge in [0.05, 0.1) is 0 Å².